The third kappa shape index (κ3) is 4.13. The minimum absolute atomic E-state index is 0.558. The van der Waals surface area contributed by atoms with Crippen LogP contribution in [0.1, 0.15) is 0 Å². The van der Waals surface area contributed by atoms with Crippen LogP contribution in [0.3, 0.4) is 0 Å². The Kier molecular flexibility index (Phi) is 6.09. The van der Waals surface area contributed by atoms with Gasteiger partial charge in [0.1, 0.15) is 5.69 Å². The van der Waals surface area contributed by atoms with Crippen molar-refractivity contribution >= 4 is 28.8 Å². The molecule has 0 saturated carbocycles. The standard InChI is InChI=1S/C38H26N4Si/c1-4-14-27(15-5-1)36-40-37(42-38(41-36)33-21-12-13-25-39-33)28-23-24-35-32(26-28)31-20-10-11-22-34(31)43(35,29-16-6-2-7-17-29)30-18-8-3-9-19-30/h1-26H. The van der Waals surface area contributed by atoms with E-state index >= 15 is 0 Å². The van der Waals surface area contributed by atoms with Crippen molar-refractivity contribution in [2.24, 2.45) is 0 Å². The Morgan fingerprint density at radius 3 is 1.63 bits per heavy atom. The van der Waals surface area contributed by atoms with E-state index in [1.807, 2.05) is 48.5 Å². The van der Waals surface area contributed by atoms with Gasteiger partial charge in [-0.3, -0.25) is 4.98 Å². The number of fused-ring (bicyclic) bond motifs is 3. The fourth-order valence-electron chi connectivity index (χ4n) is 6.42. The van der Waals surface area contributed by atoms with Crippen molar-refractivity contribution in [1.82, 2.24) is 19.9 Å². The van der Waals surface area contributed by atoms with Gasteiger partial charge in [0, 0.05) is 17.3 Å². The van der Waals surface area contributed by atoms with Crippen LogP contribution in [0, 0.1) is 0 Å². The van der Waals surface area contributed by atoms with Gasteiger partial charge in [0.2, 0.25) is 0 Å². The molecule has 7 aromatic rings. The predicted molar refractivity (Wildman–Crippen MR) is 177 cm³/mol. The van der Waals surface area contributed by atoms with E-state index in [1.165, 1.54) is 31.9 Å². The van der Waals surface area contributed by atoms with Gasteiger partial charge in [-0.25, -0.2) is 15.0 Å². The fourth-order valence-corrected chi connectivity index (χ4v) is 11.6. The molecule has 0 bridgehead atoms. The summed E-state index contributed by atoms with van der Waals surface area (Å²) >= 11 is 0. The van der Waals surface area contributed by atoms with Crippen LogP contribution < -0.4 is 20.7 Å². The molecule has 4 nitrogen and oxygen atoms in total. The molecule has 0 atom stereocenters. The van der Waals surface area contributed by atoms with Crippen LogP contribution >= 0.6 is 0 Å². The molecule has 1 aliphatic rings. The van der Waals surface area contributed by atoms with Crippen molar-refractivity contribution in [2.45, 2.75) is 0 Å². The van der Waals surface area contributed by atoms with E-state index in [1.54, 1.807) is 6.20 Å². The summed E-state index contributed by atoms with van der Waals surface area (Å²) in [4.78, 5) is 19.3. The van der Waals surface area contributed by atoms with Gasteiger partial charge in [0.05, 0.1) is 0 Å². The van der Waals surface area contributed by atoms with E-state index in [0.29, 0.717) is 17.5 Å². The molecule has 43 heavy (non-hydrogen) atoms. The average molecular weight is 567 g/mol. The van der Waals surface area contributed by atoms with Gasteiger partial charge in [-0.15, -0.1) is 0 Å². The first-order valence-electron chi connectivity index (χ1n) is 14.4. The van der Waals surface area contributed by atoms with Crippen LogP contribution in [-0.4, -0.2) is 28.0 Å². The summed E-state index contributed by atoms with van der Waals surface area (Å²) in [7, 11) is -2.54. The summed E-state index contributed by atoms with van der Waals surface area (Å²) in [5, 5.41) is 5.56. The monoisotopic (exact) mass is 566 g/mol. The fraction of sp³-hybridized carbons (Fsp3) is 0. The van der Waals surface area contributed by atoms with Crippen molar-refractivity contribution in [2.75, 3.05) is 0 Å². The van der Waals surface area contributed by atoms with Crippen molar-refractivity contribution in [3.05, 3.63) is 158 Å². The largest absolute Gasteiger partial charge is 0.253 e. The van der Waals surface area contributed by atoms with Gasteiger partial charge in [0.25, 0.3) is 0 Å². The molecule has 0 aliphatic carbocycles. The second-order valence-electron chi connectivity index (χ2n) is 10.7. The zero-order valence-electron chi connectivity index (χ0n) is 23.3. The highest BCUT2D eigenvalue weighted by molar-refractivity contribution is 7.22. The zero-order valence-corrected chi connectivity index (χ0v) is 24.3. The molecule has 0 amide bonds. The van der Waals surface area contributed by atoms with E-state index in [0.717, 1.165) is 16.8 Å². The molecule has 0 N–H and O–H groups in total. The molecule has 0 spiro atoms. The summed E-state index contributed by atoms with van der Waals surface area (Å²) in [6, 6.07) is 53.6. The molecule has 0 fully saturated rings. The number of hydrogen-bond acceptors (Lipinski definition) is 4. The Morgan fingerprint density at radius 1 is 0.395 bits per heavy atom. The molecule has 1 aliphatic heterocycles. The van der Waals surface area contributed by atoms with E-state index in [2.05, 4.69) is 108 Å². The van der Waals surface area contributed by atoms with Crippen molar-refractivity contribution < 1.29 is 0 Å². The van der Waals surface area contributed by atoms with E-state index in [9.17, 15) is 0 Å². The second-order valence-corrected chi connectivity index (χ2v) is 14.4. The summed E-state index contributed by atoms with van der Waals surface area (Å²) in [6.07, 6.45) is 1.77. The van der Waals surface area contributed by atoms with Gasteiger partial charge in [-0.05, 0) is 50.1 Å². The molecule has 202 valence electrons. The Morgan fingerprint density at radius 2 is 0.953 bits per heavy atom. The van der Waals surface area contributed by atoms with E-state index < -0.39 is 8.07 Å². The lowest BCUT2D eigenvalue weighted by molar-refractivity contribution is 1.06. The van der Waals surface area contributed by atoms with Gasteiger partial charge in [-0.2, -0.15) is 0 Å². The highest BCUT2D eigenvalue weighted by Crippen LogP contribution is 2.32. The highest BCUT2D eigenvalue weighted by Gasteiger charge is 2.48. The molecule has 0 unspecified atom stereocenters. The molecule has 0 radical (unpaired) electrons. The third-order valence-electron chi connectivity index (χ3n) is 8.28. The lowest BCUT2D eigenvalue weighted by Crippen LogP contribution is -2.72. The molecule has 8 rings (SSSR count). The van der Waals surface area contributed by atoms with Gasteiger partial charge < -0.3 is 0 Å². The van der Waals surface area contributed by atoms with Gasteiger partial charge in [-0.1, -0.05) is 133 Å². The summed E-state index contributed by atoms with van der Waals surface area (Å²) < 4.78 is 0. The van der Waals surface area contributed by atoms with Crippen molar-refractivity contribution in [1.29, 1.82) is 0 Å². The number of rotatable bonds is 5. The van der Waals surface area contributed by atoms with Crippen LogP contribution in [0.4, 0.5) is 0 Å². The first-order chi connectivity index (χ1) is 21.3. The van der Waals surface area contributed by atoms with Crippen LogP contribution in [-0.2, 0) is 0 Å². The molecular formula is C38H26N4Si. The molecule has 5 heteroatoms. The maximum absolute atomic E-state index is 4.99. The number of nitrogens with zero attached hydrogens (tertiary/aromatic N) is 4. The first-order valence-corrected chi connectivity index (χ1v) is 16.4. The maximum atomic E-state index is 4.99. The Balaban J connectivity index is 1.38. The number of hydrogen-bond donors (Lipinski definition) is 0. The molecule has 2 aromatic heterocycles. The molecular weight excluding hydrogens is 541 g/mol. The third-order valence-corrected chi connectivity index (χ3v) is 13.2. The minimum Gasteiger partial charge on any atom is -0.253 e. The van der Waals surface area contributed by atoms with Crippen LogP contribution in [0.25, 0.3) is 45.4 Å². The quantitative estimate of drug-likeness (QED) is 0.254. The van der Waals surface area contributed by atoms with Gasteiger partial charge in [0.15, 0.2) is 25.5 Å². The summed E-state index contributed by atoms with van der Waals surface area (Å²) in [6.45, 7) is 0. The minimum atomic E-state index is -2.54. The zero-order chi connectivity index (χ0) is 28.6. The van der Waals surface area contributed by atoms with E-state index in [-0.39, 0.29) is 0 Å². The molecule has 5 aromatic carbocycles. The summed E-state index contributed by atoms with van der Waals surface area (Å²) in [5.41, 5.74) is 5.13. The predicted octanol–water partition coefficient (Wildman–Crippen LogP) is 5.63. The SMILES string of the molecule is c1ccc(-c2nc(-c3ccc4c(c3)-c3ccccc3[Si]4(c3ccccc3)c3ccccc3)nc(-c3ccccn3)n2)cc1. The summed E-state index contributed by atoms with van der Waals surface area (Å²) in [5.74, 6) is 1.82. The Hall–Kier alpha value is -5.52. The number of aromatic nitrogens is 4. The van der Waals surface area contributed by atoms with Crippen LogP contribution in [0.2, 0.25) is 0 Å². The second kappa shape index (κ2) is 10.4. The van der Waals surface area contributed by atoms with Crippen LogP contribution in [0.5, 0.6) is 0 Å². The van der Waals surface area contributed by atoms with Crippen molar-refractivity contribution in [3.63, 3.8) is 0 Å². The van der Waals surface area contributed by atoms with Crippen LogP contribution in [0.15, 0.2) is 158 Å². The first kappa shape index (κ1) is 25.2. The van der Waals surface area contributed by atoms with Gasteiger partial charge >= 0.3 is 0 Å². The lowest BCUT2D eigenvalue weighted by atomic mass is 10.0. The molecule has 3 heterocycles. The normalized spacial score (nSPS) is 12.8. The topological polar surface area (TPSA) is 51.6 Å². The average Bonchev–Trinajstić information content (AvgIpc) is 3.40. The van der Waals surface area contributed by atoms with E-state index in [4.69, 9.17) is 15.0 Å². The smallest absolute Gasteiger partial charge is 0.182 e. The number of pyridine rings is 1. The number of benzene rings is 5. The molecule has 0 saturated heterocycles. The Labute approximate surface area is 251 Å². The highest BCUT2D eigenvalue weighted by atomic mass is 28.3. The maximum Gasteiger partial charge on any atom is 0.182 e. The Bertz CT molecular complexity index is 1970. The lowest BCUT2D eigenvalue weighted by Gasteiger charge is -2.31. The van der Waals surface area contributed by atoms with Crippen molar-refractivity contribution in [3.8, 4) is 45.4 Å².